The predicted molar refractivity (Wildman–Crippen MR) is 79.0 cm³/mol. The standard InChI is InChI=1S/C16H30N2O/c1-12(2)14-6-3-4-7-15(14)17-11-5-8-16(19)18-13-9-10-13/h12-15,17H,3-11H2,1-2H3,(H,18,19). The van der Waals surface area contributed by atoms with Gasteiger partial charge in [-0.2, -0.15) is 0 Å². The summed E-state index contributed by atoms with van der Waals surface area (Å²) in [5.74, 6) is 1.85. The zero-order chi connectivity index (χ0) is 13.7. The van der Waals surface area contributed by atoms with Gasteiger partial charge >= 0.3 is 0 Å². The summed E-state index contributed by atoms with van der Waals surface area (Å²) in [6.07, 6.45) is 9.47. The Morgan fingerprint density at radius 2 is 1.89 bits per heavy atom. The molecule has 0 saturated heterocycles. The van der Waals surface area contributed by atoms with E-state index in [0.29, 0.717) is 18.5 Å². The van der Waals surface area contributed by atoms with Crippen molar-refractivity contribution in [1.82, 2.24) is 10.6 Å². The molecule has 2 aliphatic rings. The Morgan fingerprint density at radius 1 is 1.16 bits per heavy atom. The smallest absolute Gasteiger partial charge is 0.220 e. The maximum absolute atomic E-state index is 11.6. The second-order valence-electron chi connectivity index (χ2n) is 6.70. The van der Waals surface area contributed by atoms with Crippen molar-refractivity contribution in [2.45, 2.75) is 77.3 Å². The Balaban J connectivity index is 1.59. The topological polar surface area (TPSA) is 41.1 Å². The highest BCUT2D eigenvalue weighted by atomic mass is 16.1. The van der Waals surface area contributed by atoms with Gasteiger partial charge in [0.15, 0.2) is 0 Å². The average Bonchev–Trinajstić information content (AvgIpc) is 3.19. The average molecular weight is 266 g/mol. The van der Waals surface area contributed by atoms with E-state index in [9.17, 15) is 4.79 Å². The molecular weight excluding hydrogens is 236 g/mol. The molecule has 2 atom stereocenters. The Bertz CT molecular complexity index is 286. The monoisotopic (exact) mass is 266 g/mol. The Morgan fingerprint density at radius 3 is 2.58 bits per heavy atom. The molecule has 0 aromatic carbocycles. The maximum atomic E-state index is 11.6. The van der Waals surface area contributed by atoms with Gasteiger partial charge in [-0.25, -0.2) is 0 Å². The molecule has 0 spiro atoms. The van der Waals surface area contributed by atoms with Crippen molar-refractivity contribution in [3.63, 3.8) is 0 Å². The van der Waals surface area contributed by atoms with Crippen LogP contribution in [0, 0.1) is 11.8 Å². The molecule has 2 rings (SSSR count). The highest BCUT2D eigenvalue weighted by Crippen LogP contribution is 2.30. The van der Waals surface area contributed by atoms with Crippen LogP contribution in [0.3, 0.4) is 0 Å². The van der Waals surface area contributed by atoms with Gasteiger partial charge in [-0.05, 0) is 50.5 Å². The van der Waals surface area contributed by atoms with Crippen molar-refractivity contribution in [2.24, 2.45) is 11.8 Å². The molecule has 1 amide bonds. The van der Waals surface area contributed by atoms with Crippen molar-refractivity contribution >= 4 is 5.91 Å². The molecule has 0 aromatic heterocycles. The van der Waals surface area contributed by atoms with Crippen molar-refractivity contribution < 1.29 is 4.79 Å². The van der Waals surface area contributed by atoms with Crippen LogP contribution in [0.4, 0.5) is 0 Å². The Labute approximate surface area is 117 Å². The highest BCUT2D eigenvalue weighted by Gasteiger charge is 2.27. The van der Waals surface area contributed by atoms with Crippen LogP contribution in [0.1, 0.15) is 65.2 Å². The quantitative estimate of drug-likeness (QED) is 0.696. The van der Waals surface area contributed by atoms with E-state index in [-0.39, 0.29) is 5.91 Å². The van der Waals surface area contributed by atoms with E-state index in [1.54, 1.807) is 0 Å². The fourth-order valence-corrected chi connectivity index (χ4v) is 3.27. The van der Waals surface area contributed by atoms with E-state index < -0.39 is 0 Å². The largest absolute Gasteiger partial charge is 0.353 e. The van der Waals surface area contributed by atoms with Crippen LogP contribution in [0.15, 0.2) is 0 Å². The van der Waals surface area contributed by atoms with Gasteiger partial charge in [-0.15, -0.1) is 0 Å². The first kappa shape index (κ1) is 14.8. The number of amides is 1. The zero-order valence-electron chi connectivity index (χ0n) is 12.6. The van der Waals surface area contributed by atoms with Gasteiger partial charge in [0.2, 0.25) is 5.91 Å². The summed E-state index contributed by atoms with van der Waals surface area (Å²) in [6, 6.07) is 1.18. The Kier molecular flexibility index (Phi) is 5.68. The SMILES string of the molecule is CC(C)C1CCCCC1NCCCC(=O)NC1CC1. The molecule has 2 saturated carbocycles. The lowest BCUT2D eigenvalue weighted by Crippen LogP contribution is -2.41. The van der Waals surface area contributed by atoms with Crippen LogP contribution in [0.2, 0.25) is 0 Å². The first-order valence-electron chi connectivity index (χ1n) is 8.19. The van der Waals surface area contributed by atoms with E-state index in [0.717, 1.165) is 24.8 Å². The van der Waals surface area contributed by atoms with Gasteiger partial charge in [-0.3, -0.25) is 4.79 Å². The lowest BCUT2D eigenvalue weighted by molar-refractivity contribution is -0.121. The maximum Gasteiger partial charge on any atom is 0.220 e. The van der Waals surface area contributed by atoms with Crippen LogP contribution in [-0.4, -0.2) is 24.5 Å². The molecular formula is C16H30N2O. The predicted octanol–water partition coefficient (Wildman–Crippen LogP) is 2.85. The Hall–Kier alpha value is -0.570. The van der Waals surface area contributed by atoms with E-state index in [2.05, 4.69) is 24.5 Å². The summed E-state index contributed by atoms with van der Waals surface area (Å²) in [5.41, 5.74) is 0. The van der Waals surface area contributed by atoms with E-state index >= 15 is 0 Å². The van der Waals surface area contributed by atoms with Crippen LogP contribution in [0.25, 0.3) is 0 Å². The number of carbonyl (C=O) groups is 1. The second kappa shape index (κ2) is 7.28. The summed E-state index contributed by atoms with van der Waals surface area (Å²) in [6.45, 7) is 5.67. The molecule has 110 valence electrons. The first-order valence-corrected chi connectivity index (χ1v) is 8.19. The van der Waals surface area contributed by atoms with E-state index in [1.165, 1.54) is 38.5 Å². The summed E-state index contributed by atoms with van der Waals surface area (Å²) in [4.78, 5) is 11.6. The fourth-order valence-electron chi connectivity index (χ4n) is 3.27. The van der Waals surface area contributed by atoms with Gasteiger partial charge in [0.05, 0.1) is 0 Å². The molecule has 3 nitrogen and oxygen atoms in total. The van der Waals surface area contributed by atoms with E-state index in [1.807, 2.05) is 0 Å². The molecule has 2 unspecified atom stereocenters. The lowest BCUT2D eigenvalue weighted by atomic mass is 9.78. The van der Waals surface area contributed by atoms with Crippen molar-refractivity contribution in [2.75, 3.05) is 6.54 Å². The van der Waals surface area contributed by atoms with Crippen LogP contribution in [-0.2, 0) is 4.79 Å². The minimum absolute atomic E-state index is 0.244. The molecule has 0 bridgehead atoms. The molecule has 2 fully saturated rings. The van der Waals surface area contributed by atoms with Gasteiger partial charge in [0, 0.05) is 18.5 Å². The molecule has 2 N–H and O–H groups in total. The molecule has 19 heavy (non-hydrogen) atoms. The number of hydrogen-bond donors (Lipinski definition) is 2. The zero-order valence-corrected chi connectivity index (χ0v) is 12.6. The number of hydrogen-bond acceptors (Lipinski definition) is 2. The van der Waals surface area contributed by atoms with Gasteiger partial charge < -0.3 is 10.6 Å². The van der Waals surface area contributed by atoms with E-state index in [4.69, 9.17) is 0 Å². The summed E-state index contributed by atoms with van der Waals surface area (Å²) < 4.78 is 0. The molecule has 2 aliphatic carbocycles. The summed E-state index contributed by atoms with van der Waals surface area (Å²) in [5, 5.41) is 6.75. The third kappa shape index (κ3) is 5.13. The molecule has 0 radical (unpaired) electrons. The number of carbonyl (C=O) groups excluding carboxylic acids is 1. The minimum atomic E-state index is 0.244. The third-order valence-electron chi connectivity index (χ3n) is 4.61. The molecule has 0 heterocycles. The third-order valence-corrected chi connectivity index (χ3v) is 4.61. The van der Waals surface area contributed by atoms with Gasteiger partial charge in [0.1, 0.15) is 0 Å². The van der Waals surface area contributed by atoms with Crippen LogP contribution < -0.4 is 10.6 Å². The van der Waals surface area contributed by atoms with Gasteiger partial charge in [-0.1, -0.05) is 26.7 Å². The number of nitrogens with one attached hydrogen (secondary N) is 2. The minimum Gasteiger partial charge on any atom is -0.353 e. The second-order valence-corrected chi connectivity index (χ2v) is 6.70. The van der Waals surface area contributed by atoms with Crippen molar-refractivity contribution in [3.05, 3.63) is 0 Å². The van der Waals surface area contributed by atoms with Gasteiger partial charge in [0.25, 0.3) is 0 Å². The van der Waals surface area contributed by atoms with Crippen LogP contribution in [0.5, 0.6) is 0 Å². The summed E-state index contributed by atoms with van der Waals surface area (Å²) in [7, 11) is 0. The number of rotatable bonds is 7. The first-order chi connectivity index (χ1) is 9.16. The summed E-state index contributed by atoms with van der Waals surface area (Å²) >= 11 is 0. The normalized spacial score (nSPS) is 27.5. The molecule has 3 heteroatoms. The van der Waals surface area contributed by atoms with Crippen LogP contribution >= 0.6 is 0 Å². The lowest BCUT2D eigenvalue weighted by Gasteiger charge is -2.35. The fraction of sp³-hybridized carbons (Fsp3) is 0.938. The molecule has 0 aliphatic heterocycles. The van der Waals surface area contributed by atoms with Crippen molar-refractivity contribution in [3.8, 4) is 0 Å². The highest BCUT2D eigenvalue weighted by molar-refractivity contribution is 5.76. The molecule has 0 aromatic rings. The van der Waals surface area contributed by atoms with Crippen molar-refractivity contribution in [1.29, 1.82) is 0 Å².